The number of fused-ring (bicyclic) bond motifs is 5. The van der Waals surface area contributed by atoms with E-state index >= 15 is 0 Å². The zero-order valence-electron chi connectivity index (χ0n) is 71.1. The summed E-state index contributed by atoms with van der Waals surface area (Å²) in [6.45, 7) is 22.4. The molecule has 0 fully saturated rings. The summed E-state index contributed by atoms with van der Waals surface area (Å²) in [6, 6.07) is 56.1. The zero-order chi connectivity index (χ0) is 87.3. The van der Waals surface area contributed by atoms with Gasteiger partial charge in [0.15, 0.2) is 0 Å². The third kappa shape index (κ3) is 29.1. The van der Waals surface area contributed by atoms with Gasteiger partial charge in [0.25, 0.3) is 0 Å². The number of rotatable bonds is 9. The number of aromatic carboxylic acids is 1. The van der Waals surface area contributed by atoms with Crippen molar-refractivity contribution in [2.75, 3.05) is 19.0 Å². The summed E-state index contributed by atoms with van der Waals surface area (Å²) in [4.78, 5) is 126. The summed E-state index contributed by atoms with van der Waals surface area (Å²) in [7, 11) is 1.35. The van der Waals surface area contributed by atoms with Crippen LogP contribution in [0, 0.1) is 69.2 Å². The summed E-state index contributed by atoms with van der Waals surface area (Å²) in [5, 5.41) is 20.2. The van der Waals surface area contributed by atoms with E-state index in [-0.39, 0.29) is 111 Å². The van der Waals surface area contributed by atoms with Gasteiger partial charge in [0.05, 0.1) is 69.9 Å². The third-order valence-corrected chi connectivity index (χ3v) is 21.4. The monoisotopic (exact) mass is 1930 g/mol. The molecule has 5 heterocycles. The zero-order valence-corrected chi connectivity index (χ0v) is 74.9. The van der Waals surface area contributed by atoms with E-state index in [2.05, 4.69) is 78.2 Å². The van der Waals surface area contributed by atoms with Crippen molar-refractivity contribution in [2.24, 2.45) is 31.4 Å². The van der Waals surface area contributed by atoms with Gasteiger partial charge in [-0.25, -0.2) is 9.59 Å². The van der Waals surface area contributed by atoms with Crippen LogP contribution in [-0.2, 0) is 86.1 Å². The number of hydrogen-bond donors (Lipinski definition) is 5. The van der Waals surface area contributed by atoms with E-state index in [1.165, 1.54) is 35.4 Å². The van der Waals surface area contributed by atoms with Crippen LogP contribution in [0.1, 0.15) is 213 Å². The number of Topliss-reactive ketones (excluding diaryl/α,β-unsaturated/α-hetero) is 5. The molecule has 1 atom stereocenters. The average Bonchev–Trinajstić information content (AvgIpc) is 1.85. The molecule has 652 valence electrons. The second kappa shape index (κ2) is 49.0. The number of methoxy groups -OCH3 is 1. The Bertz CT molecular complexity index is 5760. The van der Waals surface area contributed by atoms with Crippen LogP contribution in [0.4, 0.5) is 28.4 Å². The molecule has 0 bridgehead atoms. The van der Waals surface area contributed by atoms with Crippen molar-refractivity contribution in [1.29, 1.82) is 0 Å². The fraction of sp³-hybridized carbons (Fsp3) is 0.263. The number of carbonyl (C=O) groups excluding carboxylic acids is 8. The molecular weight excluding hydrogens is 1830 g/mol. The molecule has 0 aliphatic carbocycles. The van der Waals surface area contributed by atoms with Crippen LogP contribution in [0.5, 0.6) is 0 Å². The second-order valence-electron chi connectivity index (χ2n) is 30.0. The topological polar surface area (TPSA) is 412 Å². The standard InChI is InChI=1S/C20H19NO3.C19H20N2O2.C19H18N2O2.C19H17NO3.C18H16BrNO.C2H6O.2CH4.Li.2H2O.2O.Pt/c1-12-7-16-10-17(22)11-19(21-18(16)8-13(12)2)14-5-4-6-15(9-14)20(23)24-3;2*1-11-6-15-9-16(22)10-18(21-17(15)7-12(11)2)13-4-3-5-14(8-13)19(20)23;1-11-6-15-9-16(21)10-18(20-17(15)7-12(11)2)13-4-3-5-14(8-13)19(22)23;1-11-6-14-9-16(21)10-18(20-17(14)7-12(11)2)13-4-3-5-15(19)8-13;1-2-3;;;;;;;;/h4-9H,10-11H2,1-3H3;3-8,18,21H,9-10H2,1-2H3,(H2,20,23);3-8H,9-10H2,1-2H3,(H2,20,23);3-8H,9-10H2,1-2H3,(H,22,23);3-8H,9-10H2,1-2H3;3H,2H2,1H3;2*1H4;;2*1H2;;;/q;;;;;;;;+1;;;;;/p-1. The molecule has 23 nitrogen and oxygen atoms in total. The molecule has 125 heavy (non-hydrogen) atoms. The molecule has 0 spiro atoms. The molecule has 0 saturated heterocycles. The molecule has 2 amide bonds. The Morgan fingerprint density at radius 2 is 0.704 bits per heavy atom. The first kappa shape index (κ1) is 105. The number of esters is 1. The number of aliphatic imine (C=N–C) groups is 4. The van der Waals surface area contributed by atoms with Crippen LogP contribution in [0.2, 0.25) is 0 Å². The molecular formula is C99H107BrLiN7O16Pt. The number of nitrogens with two attached hydrogens (primary N) is 2. The van der Waals surface area contributed by atoms with E-state index in [1.54, 1.807) is 79.7 Å². The van der Waals surface area contributed by atoms with Crippen LogP contribution in [0.3, 0.4) is 0 Å². The van der Waals surface area contributed by atoms with E-state index in [0.29, 0.717) is 84.3 Å². The maximum atomic E-state index is 12.3. The number of carboxylic acid groups (broad SMARTS) is 1. The number of aliphatic hydroxyl groups is 1. The SMILES string of the molecule is C.C.CCO.COC(=O)c1cccc(C2=Nc3cc(C)c(C)cc3CC(=O)C2)c1.Cc1cc2c(cc1C)N=C(c1cccc(Br)c1)CC(=O)C2.Cc1cc2c(cc1C)N=C(c1cccc(C(=O)O)c1)CC(=O)C2.Cc1cc2c(cc1C)N=C(c1cccc(C(N)=O)c1)CC(=O)C2.Cc1cc2c(cc1C)NC(c1cccc(C(N)=O)c1)CC(=O)C2.O.[Li+].[OH-].[O]=[Pt]=[O]. The average molecular weight is 1930 g/mol. The van der Waals surface area contributed by atoms with Crippen molar-refractivity contribution in [1.82, 2.24) is 0 Å². The van der Waals surface area contributed by atoms with Gasteiger partial charge in [0, 0.05) is 92.1 Å². The first-order valence-corrected chi connectivity index (χ1v) is 41.5. The Labute approximate surface area is 759 Å². The third-order valence-electron chi connectivity index (χ3n) is 21.0. The molecule has 5 aliphatic rings. The van der Waals surface area contributed by atoms with E-state index in [9.17, 15) is 43.2 Å². The van der Waals surface area contributed by atoms with Crippen molar-refractivity contribution in [3.8, 4) is 0 Å². The molecule has 15 rings (SSSR count). The Morgan fingerprint density at radius 3 is 1.05 bits per heavy atom. The van der Waals surface area contributed by atoms with Crippen molar-refractivity contribution >= 4 is 120 Å². The Balaban J connectivity index is 0.000000319. The predicted octanol–water partition coefficient (Wildman–Crippen LogP) is 15.2. The number of primary amides is 2. The molecule has 10 N–H and O–H groups in total. The first-order chi connectivity index (χ1) is 57.1. The van der Waals surface area contributed by atoms with E-state index < -0.39 is 42.2 Å². The number of aliphatic hydroxyl groups excluding tert-OH is 1. The number of ether oxygens (including phenoxy) is 1. The quantitative estimate of drug-likeness (QED) is 0.0662. The van der Waals surface area contributed by atoms with E-state index in [4.69, 9.17) is 48.2 Å². The Kier molecular flexibility index (Phi) is 41.4. The molecule has 0 aromatic heterocycles. The summed E-state index contributed by atoms with van der Waals surface area (Å²) in [5.74, 6) is -1.59. The van der Waals surface area contributed by atoms with E-state index in [0.717, 1.165) is 122 Å². The Morgan fingerprint density at radius 1 is 0.424 bits per heavy atom. The predicted molar refractivity (Wildman–Crippen MR) is 486 cm³/mol. The van der Waals surface area contributed by atoms with Gasteiger partial charge in [-0.1, -0.05) is 122 Å². The number of carbonyl (C=O) groups is 9. The molecule has 1 unspecified atom stereocenters. The van der Waals surface area contributed by atoms with Gasteiger partial charge in [0.2, 0.25) is 11.8 Å². The number of aryl methyl sites for hydroxylation is 10. The summed E-state index contributed by atoms with van der Waals surface area (Å²) in [5.41, 5.74) is 40.2. The number of ketones is 5. The molecule has 10 aromatic carbocycles. The minimum absolute atomic E-state index is 0. The van der Waals surface area contributed by atoms with Crippen LogP contribution < -0.4 is 35.6 Å². The van der Waals surface area contributed by atoms with Gasteiger partial charge in [-0.3, -0.25) is 53.5 Å². The Hall–Kier alpha value is -11.8. The summed E-state index contributed by atoms with van der Waals surface area (Å²) < 4.78 is 22.7. The van der Waals surface area contributed by atoms with Gasteiger partial charge < -0.3 is 42.7 Å². The molecule has 5 aliphatic heterocycles. The fourth-order valence-corrected chi connectivity index (χ4v) is 14.4. The number of carboxylic acids is 1. The van der Waals surface area contributed by atoms with Crippen LogP contribution in [-0.4, -0.2) is 110 Å². The van der Waals surface area contributed by atoms with Crippen LogP contribution in [0.15, 0.2) is 206 Å². The first-order valence-electron chi connectivity index (χ1n) is 38.8. The number of nitrogens with zero attached hydrogens (tertiary/aromatic N) is 4. The van der Waals surface area contributed by atoms with Crippen molar-refractivity contribution in [3.05, 3.63) is 320 Å². The molecule has 26 heteroatoms. The van der Waals surface area contributed by atoms with Crippen molar-refractivity contribution in [3.63, 3.8) is 0 Å². The summed E-state index contributed by atoms with van der Waals surface area (Å²) in [6.07, 6.45) is 3.58. The van der Waals surface area contributed by atoms with Gasteiger partial charge in [-0.2, -0.15) is 0 Å². The summed E-state index contributed by atoms with van der Waals surface area (Å²) >= 11 is 1.56. The van der Waals surface area contributed by atoms with Crippen LogP contribution in [0.25, 0.3) is 0 Å². The number of benzene rings is 10. The number of amides is 2. The minimum atomic E-state index is -1.92. The van der Waals surface area contributed by atoms with Gasteiger partial charge in [-0.15, -0.1) is 0 Å². The normalized spacial score (nSPS) is 13.7. The van der Waals surface area contributed by atoms with Crippen LogP contribution >= 0.6 is 15.9 Å². The second-order valence-corrected chi connectivity index (χ2v) is 31.3. The van der Waals surface area contributed by atoms with Gasteiger partial charge in [-0.05, 0) is 278 Å². The molecule has 0 radical (unpaired) electrons. The number of halogens is 1. The maximum absolute atomic E-state index is 12.3. The molecule has 10 aromatic rings. The number of nitrogens with one attached hydrogen (secondary N) is 1. The van der Waals surface area contributed by atoms with Gasteiger partial charge in [0.1, 0.15) is 28.9 Å². The number of anilines is 1. The van der Waals surface area contributed by atoms with Gasteiger partial charge >= 0.3 is 56.1 Å². The van der Waals surface area contributed by atoms with E-state index in [1.807, 2.05) is 120 Å². The fourth-order valence-electron chi connectivity index (χ4n) is 14.0. The number of hydrogen-bond acceptors (Lipinski definition) is 19. The molecule has 0 saturated carbocycles. The van der Waals surface area contributed by atoms with Crippen molar-refractivity contribution < 1.29 is 113 Å². The van der Waals surface area contributed by atoms with Crippen molar-refractivity contribution in [2.45, 2.75) is 161 Å².